The molecule has 0 heterocycles. The smallest absolute Gasteiger partial charge is 0.394 e. The number of carboxylic acids is 2. The predicted octanol–water partition coefficient (Wildman–Crippen LogP) is 0.391. The van der Waals surface area contributed by atoms with Crippen LogP contribution in [0, 0.1) is 0 Å². The summed E-state index contributed by atoms with van der Waals surface area (Å²) in [5, 5.41) is 19.5. The predicted molar refractivity (Wildman–Crippen MR) is 85.7 cm³/mol. The molecule has 1 rings (SSSR count). The average Bonchev–Trinajstić information content (AvgIpc) is 2.55. The zero-order valence-corrected chi connectivity index (χ0v) is 13.2. The Morgan fingerprint density at radius 2 is 1.75 bits per heavy atom. The molecule has 0 bridgehead atoms. The zero-order valence-electron chi connectivity index (χ0n) is 13.2. The number of carbonyl (C=O) groups excluding carboxylic acids is 1. The van der Waals surface area contributed by atoms with Crippen LogP contribution in [0.3, 0.4) is 0 Å². The van der Waals surface area contributed by atoms with Crippen molar-refractivity contribution in [3.05, 3.63) is 29.8 Å². The van der Waals surface area contributed by atoms with Gasteiger partial charge in [-0.1, -0.05) is 12.1 Å². The van der Waals surface area contributed by atoms with Crippen LogP contribution in [0.15, 0.2) is 24.3 Å². The summed E-state index contributed by atoms with van der Waals surface area (Å²) in [6.45, 7) is 1.24. The fraction of sp³-hybridized carbons (Fsp3) is 0.438. The maximum absolute atomic E-state index is 11.1. The Kier molecular flexibility index (Phi) is 8.28. The van der Waals surface area contributed by atoms with Crippen LogP contribution >= 0.6 is 0 Å². The van der Waals surface area contributed by atoms with Crippen LogP contribution in [0.5, 0.6) is 5.75 Å². The number of carbonyl (C=O) groups is 3. The Morgan fingerprint density at radius 1 is 1.08 bits per heavy atom. The lowest BCUT2D eigenvalue weighted by Gasteiger charge is -2.13. The van der Waals surface area contributed by atoms with Gasteiger partial charge in [-0.25, -0.2) is 9.59 Å². The summed E-state index contributed by atoms with van der Waals surface area (Å²) >= 11 is 0. The third-order valence-corrected chi connectivity index (χ3v) is 3.28. The number of ether oxygens (including phenoxy) is 1. The maximum atomic E-state index is 11.1. The number of aliphatic carboxylic acids is 2. The van der Waals surface area contributed by atoms with Crippen molar-refractivity contribution in [3.63, 3.8) is 0 Å². The van der Waals surface area contributed by atoms with Crippen LogP contribution in [0.4, 0.5) is 0 Å². The molecule has 8 nitrogen and oxygen atoms in total. The summed E-state index contributed by atoms with van der Waals surface area (Å²) in [6.07, 6.45) is 2.84. The highest BCUT2D eigenvalue weighted by atomic mass is 16.5. The van der Waals surface area contributed by atoms with Crippen molar-refractivity contribution in [2.45, 2.75) is 31.7 Å². The van der Waals surface area contributed by atoms with Gasteiger partial charge in [-0.15, -0.1) is 0 Å². The van der Waals surface area contributed by atoms with Crippen LogP contribution in [0.1, 0.15) is 24.8 Å². The first-order valence-corrected chi connectivity index (χ1v) is 7.62. The zero-order chi connectivity index (χ0) is 17.9. The van der Waals surface area contributed by atoms with Crippen LogP contribution < -0.4 is 15.8 Å². The molecule has 5 N–H and O–H groups in total. The second-order valence-electron chi connectivity index (χ2n) is 5.22. The van der Waals surface area contributed by atoms with Gasteiger partial charge in [-0.2, -0.15) is 0 Å². The van der Waals surface area contributed by atoms with E-state index in [2.05, 4.69) is 0 Å². The standard InChI is InChI=1S/C16H22N2O6/c17-8-2-1-3-9-24-12-6-4-11(5-7-12)10-13(15(20)21)18-14(19)16(22)23/h4-7,13H,1-3,8-10,17H2,(H,18,19)(H,20,21)(H,22,23)/t13-/m1/s1. The fourth-order valence-electron chi connectivity index (χ4n) is 1.99. The number of benzene rings is 1. The minimum atomic E-state index is -1.72. The molecule has 0 aliphatic heterocycles. The Labute approximate surface area is 139 Å². The van der Waals surface area contributed by atoms with Crippen molar-refractivity contribution in [1.82, 2.24) is 5.32 Å². The molecule has 0 radical (unpaired) electrons. The number of nitrogens with two attached hydrogens (primary N) is 1. The quantitative estimate of drug-likeness (QED) is 0.357. The second-order valence-corrected chi connectivity index (χ2v) is 5.22. The summed E-state index contributed by atoms with van der Waals surface area (Å²) in [5.41, 5.74) is 6.05. The van der Waals surface area contributed by atoms with Gasteiger partial charge < -0.3 is 26.0 Å². The fourth-order valence-corrected chi connectivity index (χ4v) is 1.99. The van der Waals surface area contributed by atoms with E-state index in [-0.39, 0.29) is 6.42 Å². The molecule has 0 saturated carbocycles. The van der Waals surface area contributed by atoms with E-state index in [0.29, 0.717) is 24.5 Å². The molecular formula is C16H22N2O6. The number of amides is 1. The third-order valence-electron chi connectivity index (χ3n) is 3.28. The van der Waals surface area contributed by atoms with Gasteiger partial charge >= 0.3 is 17.8 Å². The molecule has 8 heteroatoms. The molecule has 0 aliphatic carbocycles. The Hall–Kier alpha value is -2.61. The first kappa shape index (κ1) is 19.4. The molecular weight excluding hydrogens is 316 g/mol. The van der Waals surface area contributed by atoms with E-state index in [0.717, 1.165) is 19.3 Å². The van der Waals surface area contributed by atoms with Gasteiger partial charge in [0.2, 0.25) is 0 Å². The number of nitrogens with one attached hydrogen (secondary N) is 1. The lowest BCUT2D eigenvalue weighted by Crippen LogP contribution is -2.45. The van der Waals surface area contributed by atoms with Crippen LogP contribution in [-0.4, -0.2) is 47.3 Å². The van der Waals surface area contributed by atoms with Gasteiger partial charge in [0.15, 0.2) is 0 Å². The molecule has 0 aromatic heterocycles. The molecule has 1 aromatic rings. The summed E-state index contributed by atoms with van der Waals surface area (Å²) in [4.78, 5) is 32.7. The van der Waals surface area contributed by atoms with Crippen molar-refractivity contribution in [1.29, 1.82) is 0 Å². The minimum absolute atomic E-state index is 0.0227. The normalized spacial score (nSPS) is 11.5. The van der Waals surface area contributed by atoms with E-state index >= 15 is 0 Å². The van der Waals surface area contributed by atoms with E-state index in [1.165, 1.54) is 0 Å². The molecule has 132 valence electrons. The molecule has 0 aliphatic rings. The molecule has 24 heavy (non-hydrogen) atoms. The van der Waals surface area contributed by atoms with E-state index in [9.17, 15) is 14.4 Å². The van der Waals surface area contributed by atoms with E-state index in [4.69, 9.17) is 20.7 Å². The first-order chi connectivity index (χ1) is 11.4. The monoisotopic (exact) mass is 338 g/mol. The van der Waals surface area contributed by atoms with Crippen molar-refractivity contribution in [2.75, 3.05) is 13.2 Å². The van der Waals surface area contributed by atoms with Crippen LogP contribution in [0.25, 0.3) is 0 Å². The van der Waals surface area contributed by atoms with Crippen LogP contribution in [0.2, 0.25) is 0 Å². The van der Waals surface area contributed by atoms with Gasteiger partial charge in [0.05, 0.1) is 6.61 Å². The summed E-state index contributed by atoms with van der Waals surface area (Å²) in [7, 11) is 0. The molecule has 1 amide bonds. The van der Waals surface area contributed by atoms with Crippen molar-refractivity contribution in [3.8, 4) is 5.75 Å². The third kappa shape index (κ3) is 7.10. The summed E-state index contributed by atoms with van der Waals surface area (Å²) in [5.74, 6) is -3.71. The van der Waals surface area contributed by atoms with E-state index in [1.807, 2.05) is 5.32 Å². The van der Waals surface area contributed by atoms with E-state index < -0.39 is 23.9 Å². The van der Waals surface area contributed by atoms with Crippen molar-refractivity contribution < 1.29 is 29.3 Å². The molecule has 1 aromatic carbocycles. The highest BCUT2D eigenvalue weighted by Crippen LogP contribution is 2.14. The van der Waals surface area contributed by atoms with Crippen molar-refractivity contribution >= 4 is 17.8 Å². The van der Waals surface area contributed by atoms with Gasteiger partial charge in [0.25, 0.3) is 0 Å². The number of hydrogen-bond acceptors (Lipinski definition) is 5. The van der Waals surface area contributed by atoms with Gasteiger partial charge in [-0.05, 0) is 43.5 Å². The second kappa shape index (κ2) is 10.2. The SMILES string of the molecule is NCCCCCOc1ccc(C[C@@H](NC(=O)C(=O)O)C(=O)O)cc1. The van der Waals surface area contributed by atoms with Crippen LogP contribution in [-0.2, 0) is 20.8 Å². The number of rotatable bonds is 10. The van der Waals surface area contributed by atoms with E-state index in [1.54, 1.807) is 24.3 Å². The number of hydrogen-bond donors (Lipinski definition) is 4. The lowest BCUT2D eigenvalue weighted by molar-refractivity contribution is -0.152. The molecule has 0 unspecified atom stereocenters. The highest BCUT2D eigenvalue weighted by molar-refractivity contribution is 6.31. The Morgan fingerprint density at radius 3 is 2.29 bits per heavy atom. The number of carboxylic acid groups (broad SMARTS) is 2. The molecule has 0 saturated heterocycles. The van der Waals surface area contributed by atoms with Gasteiger partial charge in [0, 0.05) is 6.42 Å². The Balaban J connectivity index is 2.52. The van der Waals surface area contributed by atoms with Gasteiger partial charge in [-0.3, -0.25) is 4.79 Å². The lowest BCUT2D eigenvalue weighted by atomic mass is 10.1. The Bertz CT molecular complexity index is 558. The molecule has 1 atom stereocenters. The molecule has 0 spiro atoms. The largest absolute Gasteiger partial charge is 0.494 e. The molecule has 0 fully saturated rings. The van der Waals surface area contributed by atoms with Crippen molar-refractivity contribution in [2.24, 2.45) is 5.73 Å². The maximum Gasteiger partial charge on any atom is 0.394 e. The highest BCUT2D eigenvalue weighted by Gasteiger charge is 2.23. The summed E-state index contributed by atoms with van der Waals surface area (Å²) in [6, 6.07) is 5.46. The summed E-state index contributed by atoms with van der Waals surface area (Å²) < 4.78 is 5.55. The first-order valence-electron chi connectivity index (χ1n) is 7.62. The topological polar surface area (TPSA) is 139 Å². The minimum Gasteiger partial charge on any atom is -0.494 e. The average molecular weight is 338 g/mol. The van der Waals surface area contributed by atoms with Gasteiger partial charge in [0.1, 0.15) is 11.8 Å². The number of unbranched alkanes of at least 4 members (excludes halogenated alkanes) is 2.